The third-order valence-electron chi connectivity index (χ3n) is 3.78. The van der Waals surface area contributed by atoms with Gasteiger partial charge in [0.2, 0.25) is 0 Å². The molecule has 0 aliphatic rings. The maximum atomic E-state index is 6.45. The Hall–Kier alpha value is -1.31. The van der Waals surface area contributed by atoms with E-state index in [1.165, 1.54) is 27.8 Å². The molecule has 2 aromatic rings. The average Bonchev–Trinajstić information content (AvgIpc) is 2.34. The topological polar surface area (TPSA) is 12.0 Å². The highest BCUT2D eigenvalue weighted by Crippen LogP contribution is 2.32. The quantitative estimate of drug-likeness (QED) is 0.848. The first kappa shape index (κ1) is 15.1. The minimum atomic E-state index is 0.128. The zero-order valence-electron chi connectivity index (χ0n) is 12.8. The van der Waals surface area contributed by atoms with Crippen LogP contribution in [0.3, 0.4) is 0 Å². The summed E-state index contributed by atoms with van der Waals surface area (Å²) in [6.45, 7) is 8.53. The molecule has 1 unspecified atom stereocenters. The monoisotopic (exact) mass is 287 g/mol. The van der Waals surface area contributed by atoms with Gasteiger partial charge in [0.1, 0.15) is 0 Å². The lowest BCUT2D eigenvalue weighted by Crippen LogP contribution is -2.20. The number of halogens is 1. The van der Waals surface area contributed by atoms with E-state index < -0.39 is 0 Å². The van der Waals surface area contributed by atoms with Crippen molar-refractivity contribution in [2.45, 2.75) is 33.7 Å². The zero-order valence-corrected chi connectivity index (χ0v) is 13.6. The molecule has 0 aliphatic heterocycles. The molecule has 0 amide bonds. The van der Waals surface area contributed by atoms with Crippen molar-refractivity contribution in [1.29, 1.82) is 0 Å². The van der Waals surface area contributed by atoms with Gasteiger partial charge >= 0.3 is 0 Å². The number of hydrogen-bond acceptors (Lipinski definition) is 1. The maximum absolute atomic E-state index is 6.45. The Morgan fingerprint density at radius 1 is 0.900 bits per heavy atom. The van der Waals surface area contributed by atoms with Crippen molar-refractivity contribution in [2.75, 3.05) is 7.05 Å². The summed E-state index contributed by atoms with van der Waals surface area (Å²) in [5, 5.41) is 4.23. The lowest BCUT2D eigenvalue weighted by atomic mass is 9.89. The number of aryl methyl sites for hydroxylation is 4. The molecule has 1 N–H and O–H groups in total. The average molecular weight is 288 g/mol. The second kappa shape index (κ2) is 5.99. The Bertz CT molecular complexity index is 608. The van der Waals surface area contributed by atoms with Crippen LogP contribution >= 0.6 is 11.6 Å². The van der Waals surface area contributed by atoms with Crippen LogP contribution in [0.4, 0.5) is 0 Å². The molecule has 0 saturated heterocycles. The van der Waals surface area contributed by atoms with E-state index in [4.69, 9.17) is 11.6 Å². The molecule has 0 heterocycles. The van der Waals surface area contributed by atoms with Gasteiger partial charge in [-0.05, 0) is 68.6 Å². The fourth-order valence-electron chi connectivity index (χ4n) is 2.97. The van der Waals surface area contributed by atoms with Crippen molar-refractivity contribution in [2.24, 2.45) is 0 Å². The van der Waals surface area contributed by atoms with E-state index in [0.29, 0.717) is 0 Å². The Morgan fingerprint density at radius 2 is 1.50 bits per heavy atom. The molecule has 0 spiro atoms. The first-order valence-electron chi connectivity index (χ1n) is 6.95. The smallest absolute Gasteiger partial charge is 0.0594 e. The van der Waals surface area contributed by atoms with Crippen molar-refractivity contribution in [3.63, 3.8) is 0 Å². The highest BCUT2D eigenvalue weighted by atomic mass is 35.5. The summed E-state index contributed by atoms with van der Waals surface area (Å²) in [5.41, 5.74) is 7.55. The summed E-state index contributed by atoms with van der Waals surface area (Å²) in [5.74, 6) is 0. The Kier molecular flexibility index (Phi) is 4.52. The van der Waals surface area contributed by atoms with E-state index in [1.54, 1.807) is 0 Å². The van der Waals surface area contributed by atoms with Crippen molar-refractivity contribution >= 4 is 11.6 Å². The second-order valence-corrected chi connectivity index (χ2v) is 5.97. The molecule has 0 aromatic heterocycles. The van der Waals surface area contributed by atoms with Gasteiger partial charge in [-0.2, -0.15) is 0 Å². The van der Waals surface area contributed by atoms with E-state index in [1.807, 2.05) is 13.1 Å². The van der Waals surface area contributed by atoms with Crippen molar-refractivity contribution in [3.05, 3.63) is 68.7 Å². The van der Waals surface area contributed by atoms with Crippen molar-refractivity contribution < 1.29 is 0 Å². The van der Waals surface area contributed by atoms with Crippen LogP contribution in [0, 0.1) is 27.7 Å². The van der Waals surface area contributed by atoms with Crippen LogP contribution in [0.15, 0.2) is 30.3 Å². The maximum Gasteiger partial charge on any atom is 0.0594 e. The third kappa shape index (κ3) is 2.89. The Balaban J connectivity index is 2.58. The summed E-state index contributed by atoms with van der Waals surface area (Å²) in [6, 6.07) is 10.9. The summed E-state index contributed by atoms with van der Waals surface area (Å²) in [4.78, 5) is 0. The van der Waals surface area contributed by atoms with Gasteiger partial charge in [-0.25, -0.2) is 0 Å². The molecular weight excluding hydrogens is 266 g/mol. The molecular formula is C18H22ClN. The largest absolute Gasteiger partial charge is 0.309 e. The van der Waals surface area contributed by atoms with Gasteiger partial charge in [0, 0.05) is 5.02 Å². The highest BCUT2D eigenvalue weighted by molar-refractivity contribution is 6.31. The van der Waals surface area contributed by atoms with Gasteiger partial charge in [0.15, 0.2) is 0 Å². The van der Waals surface area contributed by atoms with Gasteiger partial charge in [-0.1, -0.05) is 41.4 Å². The molecule has 0 fully saturated rings. The number of rotatable bonds is 3. The summed E-state index contributed by atoms with van der Waals surface area (Å²) >= 11 is 6.45. The molecule has 2 aromatic carbocycles. The minimum Gasteiger partial charge on any atom is -0.309 e. The van der Waals surface area contributed by atoms with Crippen LogP contribution < -0.4 is 5.32 Å². The van der Waals surface area contributed by atoms with Crippen LogP contribution in [0.5, 0.6) is 0 Å². The van der Waals surface area contributed by atoms with Crippen molar-refractivity contribution in [1.82, 2.24) is 5.32 Å². The van der Waals surface area contributed by atoms with Gasteiger partial charge in [-0.3, -0.25) is 0 Å². The zero-order chi connectivity index (χ0) is 14.9. The molecule has 2 heteroatoms. The van der Waals surface area contributed by atoms with E-state index in [0.717, 1.165) is 10.6 Å². The molecule has 0 saturated carbocycles. The first-order valence-corrected chi connectivity index (χ1v) is 7.33. The molecule has 0 aliphatic carbocycles. The fraction of sp³-hybridized carbons (Fsp3) is 0.333. The van der Waals surface area contributed by atoms with Crippen LogP contribution in [0.1, 0.15) is 39.4 Å². The van der Waals surface area contributed by atoms with E-state index in [9.17, 15) is 0 Å². The van der Waals surface area contributed by atoms with Crippen LogP contribution in [-0.2, 0) is 0 Å². The molecule has 0 radical (unpaired) electrons. The molecule has 1 nitrogen and oxygen atoms in total. The summed E-state index contributed by atoms with van der Waals surface area (Å²) < 4.78 is 0. The SMILES string of the molecule is CNC(c1ccc(C)cc1Cl)c1c(C)cc(C)cc1C. The molecule has 2 rings (SSSR count). The van der Waals surface area contributed by atoms with Crippen LogP contribution in [-0.4, -0.2) is 7.05 Å². The molecule has 1 atom stereocenters. The number of hydrogen-bond donors (Lipinski definition) is 1. The lowest BCUT2D eigenvalue weighted by molar-refractivity contribution is 0.683. The normalized spacial score (nSPS) is 12.5. The van der Waals surface area contributed by atoms with Crippen LogP contribution in [0.25, 0.3) is 0 Å². The van der Waals surface area contributed by atoms with Gasteiger partial charge < -0.3 is 5.32 Å². The standard InChI is InChI=1S/C18H22ClN/c1-11-6-7-15(16(19)10-11)18(20-5)17-13(3)8-12(2)9-14(17)4/h6-10,18,20H,1-5H3. The lowest BCUT2D eigenvalue weighted by Gasteiger charge is -2.23. The van der Waals surface area contributed by atoms with E-state index >= 15 is 0 Å². The van der Waals surface area contributed by atoms with Gasteiger partial charge in [-0.15, -0.1) is 0 Å². The van der Waals surface area contributed by atoms with Gasteiger partial charge in [0.05, 0.1) is 6.04 Å². The van der Waals surface area contributed by atoms with E-state index in [2.05, 4.69) is 57.3 Å². The summed E-state index contributed by atoms with van der Waals surface area (Å²) in [6.07, 6.45) is 0. The molecule has 106 valence electrons. The predicted molar refractivity (Wildman–Crippen MR) is 87.7 cm³/mol. The van der Waals surface area contributed by atoms with Crippen molar-refractivity contribution in [3.8, 4) is 0 Å². The molecule has 0 bridgehead atoms. The Morgan fingerprint density at radius 3 is 2.00 bits per heavy atom. The van der Waals surface area contributed by atoms with Gasteiger partial charge in [0.25, 0.3) is 0 Å². The number of benzene rings is 2. The third-order valence-corrected chi connectivity index (χ3v) is 4.11. The minimum absolute atomic E-state index is 0.128. The predicted octanol–water partition coefficient (Wildman–Crippen LogP) is 4.88. The highest BCUT2D eigenvalue weighted by Gasteiger charge is 2.19. The fourth-order valence-corrected chi connectivity index (χ4v) is 3.31. The van der Waals surface area contributed by atoms with Crippen LogP contribution in [0.2, 0.25) is 5.02 Å². The summed E-state index contributed by atoms with van der Waals surface area (Å²) in [7, 11) is 1.99. The van der Waals surface area contributed by atoms with E-state index in [-0.39, 0.29) is 6.04 Å². The molecule has 20 heavy (non-hydrogen) atoms. The second-order valence-electron chi connectivity index (χ2n) is 5.56. The Labute approximate surface area is 127 Å². The number of nitrogens with one attached hydrogen (secondary N) is 1. The first-order chi connectivity index (χ1) is 9.43.